The molecule has 2 N–H and O–H groups in total. The molecule has 5 heterocycles. The Hall–Kier alpha value is -3.42. The van der Waals surface area contributed by atoms with E-state index in [2.05, 4.69) is 52.2 Å². The minimum absolute atomic E-state index is 0.000400. The fourth-order valence-corrected chi connectivity index (χ4v) is 3.91. The zero-order valence-corrected chi connectivity index (χ0v) is 17.5. The minimum atomic E-state index is -0.000400. The highest BCUT2D eigenvalue weighted by Crippen LogP contribution is 2.34. The summed E-state index contributed by atoms with van der Waals surface area (Å²) in [4.78, 5) is 11.7. The van der Waals surface area contributed by atoms with Crippen molar-refractivity contribution in [1.29, 1.82) is 0 Å². The predicted molar refractivity (Wildman–Crippen MR) is 117 cm³/mol. The molecule has 0 bridgehead atoms. The normalized spacial score (nSPS) is 17.0. The van der Waals surface area contributed by atoms with Crippen LogP contribution in [0.1, 0.15) is 51.0 Å². The molecule has 0 aliphatic carbocycles. The molecule has 154 valence electrons. The lowest BCUT2D eigenvalue weighted by atomic mass is 9.92. The highest BCUT2D eigenvalue weighted by atomic mass is 15.4. The van der Waals surface area contributed by atoms with Gasteiger partial charge in [-0.05, 0) is 37.1 Å². The van der Waals surface area contributed by atoms with Crippen molar-refractivity contribution in [3.05, 3.63) is 60.2 Å². The first kappa shape index (κ1) is 18.6. The molecule has 1 aliphatic heterocycles. The number of fused-ring (bicyclic) bond motifs is 1. The summed E-state index contributed by atoms with van der Waals surface area (Å²) in [6.07, 6.45) is 5.93. The van der Waals surface area contributed by atoms with E-state index in [1.54, 1.807) is 0 Å². The van der Waals surface area contributed by atoms with Gasteiger partial charge in [0.1, 0.15) is 5.52 Å². The van der Waals surface area contributed by atoms with Crippen LogP contribution < -0.4 is 10.2 Å². The van der Waals surface area contributed by atoms with Crippen molar-refractivity contribution in [2.45, 2.75) is 45.1 Å². The van der Waals surface area contributed by atoms with Gasteiger partial charge in [-0.1, -0.05) is 26.8 Å². The Morgan fingerprint density at radius 3 is 2.83 bits per heavy atom. The van der Waals surface area contributed by atoms with Crippen molar-refractivity contribution in [2.75, 3.05) is 16.8 Å². The summed E-state index contributed by atoms with van der Waals surface area (Å²) in [5, 5.41) is 15.7. The molecule has 4 aromatic rings. The zero-order chi connectivity index (χ0) is 20.7. The van der Waals surface area contributed by atoms with Crippen molar-refractivity contribution >= 4 is 23.1 Å². The fourth-order valence-electron chi connectivity index (χ4n) is 3.91. The number of hydrogen-bond acceptors (Lipinski definition) is 6. The maximum absolute atomic E-state index is 4.90. The van der Waals surface area contributed by atoms with E-state index in [-0.39, 0.29) is 11.5 Å². The standard InChI is InChI=1S/C22H26N8/c1-22(2,3)18-14-19(27-26-18)24-20-17-10-7-13-30(17)28-21(25-20)29-12-6-9-16(29)15-8-4-5-11-23-15/h4-5,7-8,10-11,13-14,16H,6,9,12H2,1-3H3,(H2,24,25,26,27,28). The second-order valence-corrected chi connectivity index (χ2v) is 8.75. The lowest BCUT2D eigenvalue weighted by Crippen LogP contribution is -2.26. The van der Waals surface area contributed by atoms with Crippen LogP contribution in [0, 0.1) is 0 Å². The molecular weight excluding hydrogens is 376 g/mol. The third kappa shape index (κ3) is 3.38. The van der Waals surface area contributed by atoms with Crippen molar-refractivity contribution in [1.82, 2.24) is 29.8 Å². The summed E-state index contributed by atoms with van der Waals surface area (Å²) in [5.74, 6) is 2.18. The van der Waals surface area contributed by atoms with E-state index in [1.165, 1.54) is 0 Å². The molecule has 0 spiro atoms. The van der Waals surface area contributed by atoms with Crippen LogP contribution in [0.3, 0.4) is 0 Å². The molecule has 0 amide bonds. The van der Waals surface area contributed by atoms with Gasteiger partial charge < -0.3 is 10.2 Å². The van der Waals surface area contributed by atoms with E-state index in [1.807, 2.05) is 47.2 Å². The van der Waals surface area contributed by atoms with Gasteiger partial charge in [-0.15, -0.1) is 5.10 Å². The predicted octanol–water partition coefficient (Wildman–Crippen LogP) is 4.23. The smallest absolute Gasteiger partial charge is 0.246 e. The fraction of sp³-hybridized carbons (Fsp3) is 0.364. The van der Waals surface area contributed by atoms with Crippen LogP contribution in [-0.4, -0.2) is 36.3 Å². The summed E-state index contributed by atoms with van der Waals surface area (Å²) in [6.45, 7) is 7.38. The van der Waals surface area contributed by atoms with E-state index >= 15 is 0 Å². The molecule has 4 aromatic heterocycles. The Morgan fingerprint density at radius 2 is 2.07 bits per heavy atom. The number of H-pyrrole nitrogens is 1. The quantitative estimate of drug-likeness (QED) is 0.531. The average Bonchev–Trinajstić information content (AvgIpc) is 3.48. The van der Waals surface area contributed by atoms with Gasteiger partial charge in [-0.2, -0.15) is 10.1 Å². The van der Waals surface area contributed by atoms with Crippen LogP contribution in [0.4, 0.5) is 17.6 Å². The lowest BCUT2D eigenvalue weighted by molar-refractivity contribution is 0.567. The molecule has 5 rings (SSSR count). The van der Waals surface area contributed by atoms with E-state index < -0.39 is 0 Å². The van der Waals surface area contributed by atoms with Crippen LogP contribution in [0.2, 0.25) is 0 Å². The number of aromatic amines is 1. The first-order chi connectivity index (χ1) is 14.5. The molecule has 1 saturated heterocycles. The van der Waals surface area contributed by atoms with Gasteiger partial charge in [0.25, 0.3) is 0 Å². The Labute approximate surface area is 175 Å². The molecule has 0 saturated carbocycles. The van der Waals surface area contributed by atoms with Crippen molar-refractivity contribution in [3.63, 3.8) is 0 Å². The lowest BCUT2D eigenvalue weighted by Gasteiger charge is -2.24. The van der Waals surface area contributed by atoms with Crippen molar-refractivity contribution < 1.29 is 0 Å². The summed E-state index contributed by atoms with van der Waals surface area (Å²) in [7, 11) is 0. The maximum Gasteiger partial charge on any atom is 0.246 e. The van der Waals surface area contributed by atoms with Crippen LogP contribution in [0.25, 0.3) is 5.52 Å². The van der Waals surface area contributed by atoms with Gasteiger partial charge in [0, 0.05) is 36.1 Å². The Kier molecular flexibility index (Phi) is 4.42. The zero-order valence-electron chi connectivity index (χ0n) is 17.5. The van der Waals surface area contributed by atoms with E-state index in [0.717, 1.165) is 47.9 Å². The molecule has 1 unspecified atom stereocenters. The Bertz CT molecular complexity index is 1150. The third-order valence-electron chi connectivity index (χ3n) is 5.55. The minimum Gasteiger partial charge on any atom is -0.331 e. The number of hydrogen-bond donors (Lipinski definition) is 2. The molecule has 1 fully saturated rings. The van der Waals surface area contributed by atoms with E-state index in [4.69, 9.17) is 10.1 Å². The number of pyridine rings is 1. The highest BCUT2D eigenvalue weighted by molar-refractivity contribution is 5.73. The number of aromatic nitrogens is 6. The van der Waals surface area contributed by atoms with Gasteiger partial charge >= 0.3 is 0 Å². The number of nitrogens with zero attached hydrogens (tertiary/aromatic N) is 6. The van der Waals surface area contributed by atoms with Crippen LogP contribution in [0.15, 0.2) is 48.8 Å². The molecule has 8 nitrogen and oxygen atoms in total. The second-order valence-electron chi connectivity index (χ2n) is 8.75. The van der Waals surface area contributed by atoms with Gasteiger partial charge in [0.15, 0.2) is 11.6 Å². The molecule has 0 aromatic carbocycles. The molecule has 1 atom stereocenters. The summed E-state index contributed by atoms with van der Waals surface area (Å²) in [6, 6.07) is 12.3. The first-order valence-corrected chi connectivity index (χ1v) is 10.3. The molecule has 30 heavy (non-hydrogen) atoms. The average molecular weight is 403 g/mol. The third-order valence-corrected chi connectivity index (χ3v) is 5.55. The summed E-state index contributed by atoms with van der Waals surface area (Å²) < 4.78 is 1.87. The number of anilines is 3. The molecule has 0 radical (unpaired) electrons. The Balaban J connectivity index is 1.51. The van der Waals surface area contributed by atoms with Crippen molar-refractivity contribution in [3.8, 4) is 0 Å². The van der Waals surface area contributed by atoms with Crippen molar-refractivity contribution in [2.24, 2.45) is 0 Å². The second kappa shape index (κ2) is 7.12. The van der Waals surface area contributed by atoms with E-state index in [9.17, 15) is 0 Å². The Morgan fingerprint density at radius 1 is 1.17 bits per heavy atom. The SMILES string of the molecule is CC(C)(C)c1cc(Nc2nc(N3CCCC3c3ccccn3)nn3cccc23)n[nH]1. The topological polar surface area (TPSA) is 87.0 Å². The van der Waals surface area contributed by atoms with Gasteiger partial charge in [-0.3, -0.25) is 10.1 Å². The number of rotatable bonds is 4. The van der Waals surface area contributed by atoms with Gasteiger partial charge in [-0.25, -0.2) is 4.52 Å². The van der Waals surface area contributed by atoms with E-state index in [0.29, 0.717) is 5.95 Å². The van der Waals surface area contributed by atoms with Crippen LogP contribution >= 0.6 is 0 Å². The molecular formula is C22H26N8. The number of nitrogens with one attached hydrogen (secondary N) is 2. The van der Waals surface area contributed by atoms with Crippen LogP contribution in [0.5, 0.6) is 0 Å². The monoisotopic (exact) mass is 402 g/mol. The molecule has 8 heteroatoms. The largest absolute Gasteiger partial charge is 0.331 e. The maximum atomic E-state index is 4.90. The highest BCUT2D eigenvalue weighted by Gasteiger charge is 2.30. The van der Waals surface area contributed by atoms with Crippen LogP contribution in [-0.2, 0) is 5.41 Å². The van der Waals surface area contributed by atoms with Gasteiger partial charge in [0.05, 0.1) is 11.7 Å². The molecule has 1 aliphatic rings. The summed E-state index contributed by atoms with van der Waals surface area (Å²) in [5.41, 5.74) is 3.04. The van der Waals surface area contributed by atoms with Gasteiger partial charge in [0.2, 0.25) is 5.95 Å². The first-order valence-electron chi connectivity index (χ1n) is 10.3. The summed E-state index contributed by atoms with van der Waals surface area (Å²) >= 11 is 0.